The van der Waals surface area contributed by atoms with Crippen LogP contribution in [0.2, 0.25) is 21.1 Å². The van der Waals surface area contributed by atoms with Gasteiger partial charge in [-0.25, -0.2) is 0 Å². The molecule has 0 spiro atoms. The van der Waals surface area contributed by atoms with E-state index in [-0.39, 0.29) is 46.9 Å². The summed E-state index contributed by atoms with van der Waals surface area (Å²) in [5.41, 5.74) is -0.936. The number of aromatic nitrogens is 6. The van der Waals surface area contributed by atoms with E-state index in [4.69, 9.17) is 61.7 Å². The number of anilines is 2. The summed E-state index contributed by atoms with van der Waals surface area (Å²) < 4.78 is 0. The fourth-order valence-corrected chi connectivity index (χ4v) is 2.24. The highest BCUT2D eigenvalue weighted by molar-refractivity contribution is 6.31. The normalized spacial score (nSPS) is 10.9. The standard InChI is InChI=1S/C7H10Cl2N4O2.C6H8Cl2N4O/c1-7(2-14,3-15)13-6-11-4(8)10-5(9)12-6;1-12(2-3-13)6-10-4(7)9-5(8)11-6/h14-15H,2-3H2,1H3,(H,10,11,12,13);13H,2-3H2,1H3. The minimum Gasteiger partial charge on any atom is -0.395 e. The van der Waals surface area contributed by atoms with E-state index in [1.165, 1.54) is 0 Å². The van der Waals surface area contributed by atoms with Gasteiger partial charge in [-0.3, -0.25) is 0 Å². The zero-order chi connectivity index (χ0) is 21.3. The molecule has 2 aromatic heterocycles. The predicted molar refractivity (Wildman–Crippen MR) is 106 cm³/mol. The maximum absolute atomic E-state index is 9.03. The number of nitrogens with zero attached hydrogens (tertiary/aromatic N) is 7. The van der Waals surface area contributed by atoms with Crippen molar-refractivity contribution in [2.75, 3.05) is 43.6 Å². The van der Waals surface area contributed by atoms with Gasteiger partial charge in [0.25, 0.3) is 0 Å². The SMILES string of the molecule is CC(CO)(CO)Nc1nc(Cl)nc(Cl)n1.CN(CCO)c1nc(Cl)nc(Cl)n1. The van der Waals surface area contributed by atoms with E-state index in [2.05, 4.69) is 35.2 Å². The smallest absolute Gasteiger partial charge is 0.230 e. The van der Waals surface area contributed by atoms with Crippen LogP contribution < -0.4 is 10.2 Å². The van der Waals surface area contributed by atoms with E-state index in [0.29, 0.717) is 12.5 Å². The van der Waals surface area contributed by atoms with Crippen molar-refractivity contribution in [2.24, 2.45) is 0 Å². The van der Waals surface area contributed by atoms with E-state index >= 15 is 0 Å². The molecule has 0 aliphatic carbocycles. The van der Waals surface area contributed by atoms with Gasteiger partial charge in [-0.15, -0.1) is 0 Å². The van der Waals surface area contributed by atoms with Crippen LogP contribution in [0.5, 0.6) is 0 Å². The summed E-state index contributed by atoms with van der Waals surface area (Å²) in [5, 5.41) is 29.4. The summed E-state index contributed by atoms with van der Waals surface area (Å²) in [4.78, 5) is 23.9. The van der Waals surface area contributed by atoms with Gasteiger partial charge in [0.05, 0.1) is 25.4 Å². The van der Waals surface area contributed by atoms with Gasteiger partial charge in [0, 0.05) is 13.6 Å². The Hall–Kier alpha value is -1.34. The third-order valence-electron chi connectivity index (χ3n) is 3.04. The van der Waals surface area contributed by atoms with Crippen molar-refractivity contribution in [1.82, 2.24) is 29.9 Å². The third kappa shape index (κ3) is 8.35. The maximum Gasteiger partial charge on any atom is 0.230 e. The second-order valence-electron chi connectivity index (χ2n) is 5.52. The van der Waals surface area contributed by atoms with Crippen molar-refractivity contribution in [3.63, 3.8) is 0 Å². The molecule has 2 aromatic rings. The lowest BCUT2D eigenvalue weighted by Gasteiger charge is -2.25. The summed E-state index contributed by atoms with van der Waals surface area (Å²) in [6.07, 6.45) is 0. The van der Waals surface area contributed by atoms with E-state index in [1.807, 2.05) is 0 Å². The number of likely N-dealkylation sites (N-methyl/N-ethyl adjacent to an activating group) is 1. The summed E-state index contributed by atoms with van der Waals surface area (Å²) >= 11 is 22.2. The average molecular weight is 476 g/mol. The molecular formula is C13H18Cl4N8O3. The molecule has 2 rings (SSSR count). The number of halogens is 4. The quantitative estimate of drug-likeness (QED) is 0.452. The fraction of sp³-hybridized carbons (Fsp3) is 0.538. The molecule has 0 aliphatic rings. The minimum atomic E-state index is -0.936. The highest BCUT2D eigenvalue weighted by Gasteiger charge is 2.23. The second kappa shape index (κ2) is 11.6. The van der Waals surface area contributed by atoms with Crippen LogP contribution in [0.1, 0.15) is 6.92 Å². The van der Waals surface area contributed by atoms with Crippen LogP contribution in [0.25, 0.3) is 0 Å². The van der Waals surface area contributed by atoms with E-state index < -0.39 is 5.54 Å². The topological polar surface area (TPSA) is 153 Å². The number of rotatable bonds is 7. The summed E-state index contributed by atoms with van der Waals surface area (Å²) in [6.45, 7) is 1.45. The zero-order valence-corrected chi connectivity index (χ0v) is 17.8. The molecule has 0 saturated heterocycles. The van der Waals surface area contributed by atoms with Crippen molar-refractivity contribution in [2.45, 2.75) is 12.5 Å². The first-order valence-corrected chi connectivity index (χ1v) is 9.09. The van der Waals surface area contributed by atoms with Crippen LogP contribution in [0.15, 0.2) is 0 Å². The van der Waals surface area contributed by atoms with Crippen molar-refractivity contribution in [3.8, 4) is 0 Å². The van der Waals surface area contributed by atoms with Gasteiger partial charge < -0.3 is 25.5 Å². The first-order valence-electron chi connectivity index (χ1n) is 7.58. The highest BCUT2D eigenvalue weighted by Crippen LogP contribution is 2.14. The molecule has 0 amide bonds. The average Bonchev–Trinajstić information content (AvgIpc) is 2.60. The first kappa shape index (κ1) is 24.7. The lowest BCUT2D eigenvalue weighted by Crippen LogP contribution is -2.43. The van der Waals surface area contributed by atoms with Gasteiger partial charge in [0.2, 0.25) is 33.0 Å². The van der Waals surface area contributed by atoms with Crippen LogP contribution >= 0.6 is 46.4 Å². The number of nitrogens with one attached hydrogen (secondary N) is 1. The highest BCUT2D eigenvalue weighted by atomic mass is 35.5. The molecule has 2 heterocycles. The van der Waals surface area contributed by atoms with E-state index in [1.54, 1.807) is 18.9 Å². The minimum absolute atomic E-state index is 0.0113. The number of hydrogen-bond donors (Lipinski definition) is 4. The number of hydrogen-bond acceptors (Lipinski definition) is 11. The monoisotopic (exact) mass is 474 g/mol. The molecule has 0 fully saturated rings. The van der Waals surface area contributed by atoms with Crippen LogP contribution in [0, 0.1) is 0 Å². The van der Waals surface area contributed by atoms with Gasteiger partial charge in [-0.1, -0.05) is 0 Å². The number of aliphatic hydroxyl groups is 3. The van der Waals surface area contributed by atoms with Gasteiger partial charge in [0.15, 0.2) is 0 Å². The Bertz CT molecular complexity index is 728. The van der Waals surface area contributed by atoms with Gasteiger partial charge in [-0.2, -0.15) is 29.9 Å². The van der Waals surface area contributed by atoms with Crippen molar-refractivity contribution < 1.29 is 15.3 Å². The number of aliphatic hydroxyl groups excluding tert-OH is 3. The molecule has 156 valence electrons. The largest absolute Gasteiger partial charge is 0.395 e. The zero-order valence-electron chi connectivity index (χ0n) is 14.8. The van der Waals surface area contributed by atoms with Crippen molar-refractivity contribution in [1.29, 1.82) is 0 Å². The van der Waals surface area contributed by atoms with Crippen molar-refractivity contribution in [3.05, 3.63) is 21.1 Å². The Morgan fingerprint density at radius 3 is 1.64 bits per heavy atom. The van der Waals surface area contributed by atoms with Gasteiger partial charge >= 0.3 is 0 Å². The van der Waals surface area contributed by atoms with Crippen LogP contribution in [0.4, 0.5) is 11.9 Å². The Labute approximate surface area is 180 Å². The van der Waals surface area contributed by atoms with Gasteiger partial charge in [0.1, 0.15) is 0 Å². The Morgan fingerprint density at radius 2 is 1.25 bits per heavy atom. The van der Waals surface area contributed by atoms with E-state index in [0.717, 1.165) is 0 Å². The molecule has 28 heavy (non-hydrogen) atoms. The fourth-order valence-electron chi connectivity index (χ4n) is 1.52. The maximum atomic E-state index is 9.03. The molecule has 0 atom stereocenters. The summed E-state index contributed by atoms with van der Waals surface area (Å²) in [6, 6.07) is 0. The molecule has 15 heteroatoms. The Balaban J connectivity index is 0.000000283. The first-order chi connectivity index (χ1) is 13.1. The van der Waals surface area contributed by atoms with Crippen molar-refractivity contribution >= 4 is 58.3 Å². The summed E-state index contributed by atoms with van der Waals surface area (Å²) in [7, 11) is 1.72. The molecule has 0 unspecified atom stereocenters. The molecule has 0 aromatic carbocycles. The van der Waals surface area contributed by atoms with Crippen LogP contribution in [-0.4, -0.2) is 84.2 Å². The van der Waals surface area contributed by atoms with E-state index in [9.17, 15) is 0 Å². The lowest BCUT2D eigenvalue weighted by atomic mass is 10.1. The van der Waals surface area contributed by atoms with Gasteiger partial charge in [-0.05, 0) is 53.3 Å². The molecule has 11 nitrogen and oxygen atoms in total. The second-order valence-corrected chi connectivity index (χ2v) is 6.87. The lowest BCUT2D eigenvalue weighted by molar-refractivity contribution is 0.147. The molecule has 0 bridgehead atoms. The van der Waals surface area contributed by atoms with Crippen LogP contribution in [0.3, 0.4) is 0 Å². The molecule has 0 radical (unpaired) electrons. The summed E-state index contributed by atoms with van der Waals surface area (Å²) in [5.74, 6) is 0.449. The van der Waals surface area contributed by atoms with Crippen LogP contribution in [-0.2, 0) is 0 Å². The predicted octanol–water partition coefficient (Wildman–Crippen LogP) is 0.940. The molecule has 0 aliphatic heterocycles. The molecular weight excluding hydrogens is 458 g/mol. The molecule has 4 N–H and O–H groups in total. The molecule has 0 saturated carbocycles. The Kier molecular flexibility index (Phi) is 10.2. The Morgan fingerprint density at radius 1 is 0.821 bits per heavy atom. The third-order valence-corrected chi connectivity index (χ3v) is 3.71.